The molecule has 0 aromatic heterocycles. The number of hydrogen-bond donors (Lipinski definition) is 1. The highest BCUT2D eigenvalue weighted by atomic mass is 16.3. The number of hydrogen-bond acceptors (Lipinski definition) is 2. The molecule has 0 radical (unpaired) electrons. The fraction of sp³-hybridized carbons (Fsp3) is 0.333. The number of nitrogens with zero attached hydrogens (tertiary/aromatic N) is 1. The summed E-state index contributed by atoms with van der Waals surface area (Å²) in [7, 11) is 2.00. The molecule has 1 heterocycles. The number of anilines is 1. The molecule has 0 fully saturated rings. The first-order valence-electron chi connectivity index (χ1n) is 3.77. The molecule has 0 unspecified atom stereocenters. The summed E-state index contributed by atoms with van der Waals surface area (Å²) in [5, 5.41) is 9.51. The summed E-state index contributed by atoms with van der Waals surface area (Å²) in [6.07, 6.45) is -0.295. The summed E-state index contributed by atoms with van der Waals surface area (Å²) < 4.78 is 0. The number of aliphatic hydroxyl groups is 1. The van der Waals surface area contributed by atoms with E-state index in [1.54, 1.807) is 0 Å². The Morgan fingerprint density at radius 3 is 2.91 bits per heavy atom. The average Bonchev–Trinajstić information content (AvgIpc) is 2.30. The van der Waals surface area contributed by atoms with Crippen molar-refractivity contribution in [3.8, 4) is 0 Å². The summed E-state index contributed by atoms with van der Waals surface area (Å²) in [4.78, 5) is 2.07. The van der Waals surface area contributed by atoms with Crippen molar-refractivity contribution in [3.05, 3.63) is 29.8 Å². The van der Waals surface area contributed by atoms with E-state index < -0.39 is 0 Å². The molecule has 1 aliphatic rings. The molecule has 2 nitrogen and oxygen atoms in total. The van der Waals surface area contributed by atoms with Gasteiger partial charge in [-0.05, 0) is 6.07 Å². The molecule has 0 amide bonds. The zero-order chi connectivity index (χ0) is 7.84. The van der Waals surface area contributed by atoms with Gasteiger partial charge in [0.1, 0.15) is 0 Å². The van der Waals surface area contributed by atoms with Gasteiger partial charge in [0.05, 0.1) is 6.10 Å². The lowest BCUT2D eigenvalue weighted by Gasteiger charge is -2.10. The van der Waals surface area contributed by atoms with Crippen LogP contribution in [-0.4, -0.2) is 18.7 Å². The van der Waals surface area contributed by atoms with Gasteiger partial charge in [-0.3, -0.25) is 0 Å². The predicted molar refractivity (Wildman–Crippen MR) is 44.7 cm³/mol. The number of benzene rings is 1. The van der Waals surface area contributed by atoms with Crippen molar-refractivity contribution in [1.82, 2.24) is 0 Å². The van der Waals surface area contributed by atoms with Crippen LogP contribution < -0.4 is 4.90 Å². The Bertz CT molecular complexity index is 245. The summed E-state index contributed by atoms with van der Waals surface area (Å²) >= 11 is 0. The number of likely N-dealkylation sites (N-methyl/N-ethyl adjacent to an activating group) is 1. The average molecular weight is 149 g/mol. The van der Waals surface area contributed by atoms with Crippen LogP contribution in [0.5, 0.6) is 0 Å². The van der Waals surface area contributed by atoms with Crippen molar-refractivity contribution < 1.29 is 5.11 Å². The van der Waals surface area contributed by atoms with Crippen molar-refractivity contribution in [3.63, 3.8) is 0 Å². The van der Waals surface area contributed by atoms with Crippen LogP contribution in [0.25, 0.3) is 0 Å². The highest BCUT2D eigenvalue weighted by Gasteiger charge is 2.22. The molecule has 2 rings (SSSR count). The zero-order valence-electron chi connectivity index (χ0n) is 6.49. The molecule has 0 saturated carbocycles. The quantitative estimate of drug-likeness (QED) is 0.598. The van der Waals surface area contributed by atoms with Crippen molar-refractivity contribution >= 4 is 5.69 Å². The second kappa shape index (κ2) is 2.24. The Labute approximate surface area is 66.1 Å². The fourth-order valence-electron chi connectivity index (χ4n) is 1.57. The minimum absolute atomic E-state index is 0.295. The smallest absolute Gasteiger partial charge is 0.0984 e. The summed E-state index contributed by atoms with van der Waals surface area (Å²) in [5.41, 5.74) is 2.20. The van der Waals surface area contributed by atoms with Crippen LogP contribution in [-0.2, 0) is 0 Å². The molecule has 1 atom stereocenters. The first-order chi connectivity index (χ1) is 5.29. The molecule has 58 valence electrons. The van der Waals surface area contributed by atoms with Gasteiger partial charge < -0.3 is 10.0 Å². The maximum Gasteiger partial charge on any atom is 0.0984 e. The maximum absolute atomic E-state index is 9.51. The molecule has 1 N–H and O–H groups in total. The van der Waals surface area contributed by atoms with Gasteiger partial charge >= 0.3 is 0 Å². The molecule has 11 heavy (non-hydrogen) atoms. The van der Waals surface area contributed by atoms with Crippen LogP contribution >= 0.6 is 0 Å². The van der Waals surface area contributed by atoms with E-state index in [1.807, 2.05) is 31.3 Å². The van der Waals surface area contributed by atoms with Crippen molar-refractivity contribution in [2.75, 3.05) is 18.5 Å². The Kier molecular flexibility index (Phi) is 1.36. The monoisotopic (exact) mass is 149 g/mol. The molecular weight excluding hydrogens is 138 g/mol. The van der Waals surface area contributed by atoms with E-state index in [2.05, 4.69) is 4.90 Å². The van der Waals surface area contributed by atoms with E-state index >= 15 is 0 Å². The number of para-hydroxylation sites is 1. The van der Waals surface area contributed by atoms with E-state index in [4.69, 9.17) is 0 Å². The molecule has 0 spiro atoms. The molecule has 0 saturated heterocycles. The SMILES string of the molecule is CN1C[C@@H](O)c2ccccc21. The van der Waals surface area contributed by atoms with Crippen LogP contribution in [0.4, 0.5) is 5.69 Å². The van der Waals surface area contributed by atoms with Gasteiger partial charge in [0, 0.05) is 24.8 Å². The maximum atomic E-state index is 9.51. The Hall–Kier alpha value is -1.02. The highest BCUT2D eigenvalue weighted by Crippen LogP contribution is 2.32. The van der Waals surface area contributed by atoms with Gasteiger partial charge in [0.15, 0.2) is 0 Å². The Morgan fingerprint density at radius 1 is 1.45 bits per heavy atom. The topological polar surface area (TPSA) is 23.5 Å². The molecule has 0 aliphatic carbocycles. The first-order valence-corrected chi connectivity index (χ1v) is 3.77. The van der Waals surface area contributed by atoms with Crippen molar-refractivity contribution in [1.29, 1.82) is 0 Å². The summed E-state index contributed by atoms with van der Waals surface area (Å²) in [5.74, 6) is 0. The van der Waals surface area contributed by atoms with Crippen LogP contribution in [0, 0.1) is 0 Å². The van der Waals surface area contributed by atoms with Gasteiger partial charge in [-0.1, -0.05) is 18.2 Å². The first kappa shape index (κ1) is 6.68. The summed E-state index contributed by atoms with van der Waals surface area (Å²) in [6, 6.07) is 7.96. The molecule has 1 aromatic carbocycles. The minimum atomic E-state index is -0.295. The normalized spacial score (nSPS) is 22.0. The third-order valence-corrected chi connectivity index (χ3v) is 2.15. The highest BCUT2D eigenvalue weighted by molar-refractivity contribution is 5.58. The van der Waals surface area contributed by atoms with Gasteiger partial charge in [-0.15, -0.1) is 0 Å². The van der Waals surface area contributed by atoms with Gasteiger partial charge in [0.2, 0.25) is 0 Å². The summed E-state index contributed by atoms with van der Waals surface area (Å²) in [6.45, 7) is 0.722. The second-order valence-electron chi connectivity index (χ2n) is 2.96. The van der Waals surface area contributed by atoms with Crippen LogP contribution in [0.15, 0.2) is 24.3 Å². The third-order valence-electron chi connectivity index (χ3n) is 2.15. The predicted octanol–water partition coefficient (Wildman–Crippen LogP) is 1.17. The van der Waals surface area contributed by atoms with E-state index in [1.165, 1.54) is 0 Å². The lowest BCUT2D eigenvalue weighted by Crippen LogP contribution is -2.14. The largest absolute Gasteiger partial charge is 0.386 e. The third kappa shape index (κ3) is 0.906. The van der Waals surface area contributed by atoms with Crippen LogP contribution in [0.1, 0.15) is 11.7 Å². The molecular formula is C9H11NO. The lowest BCUT2D eigenvalue weighted by atomic mass is 10.1. The minimum Gasteiger partial charge on any atom is -0.386 e. The second-order valence-corrected chi connectivity index (χ2v) is 2.96. The van der Waals surface area contributed by atoms with Crippen LogP contribution in [0.2, 0.25) is 0 Å². The van der Waals surface area contributed by atoms with E-state index in [-0.39, 0.29) is 6.10 Å². The molecule has 0 bridgehead atoms. The van der Waals surface area contributed by atoms with Gasteiger partial charge in [0.25, 0.3) is 0 Å². The van der Waals surface area contributed by atoms with Gasteiger partial charge in [-0.2, -0.15) is 0 Å². The fourth-order valence-corrected chi connectivity index (χ4v) is 1.57. The zero-order valence-corrected chi connectivity index (χ0v) is 6.49. The molecule has 1 aliphatic heterocycles. The lowest BCUT2D eigenvalue weighted by molar-refractivity contribution is 0.195. The number of aliphatic hydroxyl groups excluding tert-OH is 1. The Morgan fingerprint density at radius 2 is 2.18 bits per heavy atom. The number of fused-ring (bicyclic) bond motifs is 1. The van der Waals surface area contributed by atoms with Crippen molar-refractivity contribution in [2.24, 2.45) is 0 Å². The number of rotatable bonds is 0. The number of β-amino-alcohol motifs (C(OH)–C–C–N with tert-alkyl or cyclic N) is 1. The van der Waals surface area contributed by atoms with E-state index in [0.717, 1.165) is 17.8 Å². The van der Waals surface area contributed by atoms with Crippen molar-refractivity contribution in [2.45, 2.75) is 6.10 Å². The Balaban J connectivity index is 2.52. The van der Waals surface area contributed by atoms with E-state index in [9.17, 15) is 5.11 Å². The van der Waals surface area contributed by atoms with Gasteiger partial charge in [-0.25, -0.2) is 0 Å². The van der Waals surface area contributed by atoms with Crippen LogP contribution in [0.3, 0.4) is 0 Å². The standard InChI is InChI=1S/C9H11NO/c1-10-6-9(11)7-4-2-3-5-8(7)10/h2-5,9,11H,6H2,1H3/t9-/m1/s1. The van der Waals surface area contributed by atoms with E-state index in [0.29, 0.717) is 0 Å². The molecule has 1 aromatic rings. The molecule has 2 heteroatoms.